The van der Waals surface area contributed by atoms with Crippen molar-refractivity contribution in [2.75, 3.05) is 13.1 Å². The molecule has 20 heavy (non-hydrogen) atoms. The zero-order valence-electron chi connectivity index (χ0n) is 14.0. The third-order valence-corrected chi connectivity index (χ3v) is 6.36. The summed E-state index contributed by atoms with van der Waals surface area (Å²) in [6, 6.07) is 3.36. The molecule has 0 aromatic heterocycles. The third kappa shape index (κ3) is 2.78. The quantitative estimate of drug-likeness (QED) is 0.775. The van der Waals surface area contributed by atoms with Gasteiger partial charge >= 0.3 is 0 Å². The molecule has 2 bridgehead atoms. The summed E-state index contributed by atoms with van der Waals surface area (Å²) in [5.41, 5.74) is 0. The van der Waals surface area contributed by atoms with Gasteiger partial charge in [-0.15, -0.1) is 0 Å². The van der Waals surface area contributed by atoms with Gasteiger partial charge in [-0.2, -0.15) is 0 Å². The molecule has 2 atom stereocenters. The molecule has 3 aliphatic rings. The van der Waals surface area contributed by atoms with Gasteiger partial charge in [0.2, 0.25) is 0 Å². The maximum atomic E-state index is 2.87. The fourth-order valence-electron chi connectivity index (χ4n) is 5.24. The monoisotopic (exact) mass is 278 g/mol. The first-order valence-corrected chi connectivity index (χ1v) is 9.07. The van der Waals surface area contributed by atoms with Crippen LogP contribution >= 0.6 is 0 Å². The number of hydrogen-bond acceptors (Lipinski definition) is 2. The lowest BCUT2D eigenvalue weighted by Gasteiger charge is -2.47. The van der Waals surface area contributed by atoms with Crippen LogP contribution in [0.4, 0.5) is 0 Å². The van der Waals surface area contributed by atoms with E-state index in [9.17, 15) is 0 Å². The Morgan fingerprint density at radius 1 is 0.700 bits per heavy atom. The van der Waals surface area contributed by atoms with Crippen molar-refractivity contribution in [3.63, 3.8) is 0 Å². The highest BCUT2D eigenvalue weighted by Gasteiger charge is 2.43. The van der Waals surface area contributed by atoms with E-state index in [0.29, 0.717) is 0 Å². The van der Waals surface area contributed by atoms with Gasteiger partial charge in [-0.3, -0.25) is 9.80 Å². The molecule has 2 saturated heterocycles. The lowest BCUT2D eigenvalue weighted by molar-refractivity contribution is 0.00740. The molecule has 3 rings (SSSR count). The van der Waals surface area contributed by atoms with Crippen molar-refractivity contribution in [3.8, 4) is 0 Å². The van der Waals surface area contributed by atoms with Crippen LogP contribution in [0.3, 0.4) is 0 Å². The van der Waals surface area contributed by atoms with Crippen molar-refractivity contribution >= 4 is 0 Å². The normalized spacial score (nSPS) is 39.9. The first-order valence-electron chi connectivity index (χ1n) is 9.07. The third-order valence-electron chi connectivity index (χ3n) is 6.36. The van der Waals surface area contributed by atoms with Crippen LogP contribution in [0.1, 0.15) is 66.2 Å². The van der Waals surface area contributed by atoms with Crippen molar-refractivity contribution < 1.29 is 0 Å². The average Bonchev–Trinajstić information content (AvgIpc) is 2.70. The molecule has 0 aromatic rings. The van der Waals surface area contributed by atoms with Crippen LogP contribution in [0.5, 0.6) is 0 Å². The largest absolute Gasteiger partial charge is 0.297 e. The Balaban J connectivity index is 1.56. The SMILES string of the molecule is CC(C)C1CCC(N2CC3CCC(C2)N3C(C)C)CC1. The maximum Gasteiger partial charge on any atom is 0.0230 e. The van der Waals surface area contributed by atoms with Crippen LogP contribution in [0, 0.1) is 11.8 Å². The summed E-state index contributed by atoms with van der Waals surface area (Å²) in [5.74, 6) is 1.89. The first-order chi connectivity index (χ1) is 9.56. The molecule has 0 amide bonds. The molecular weight excluding hydrogens is 244 g/mol. The Labute approximate surface area is 125 Å². The van der Waals surface area contributed by atoms with Gasteiger partial charge in [0.15, 0.2) is 0 Å². The molecule has 116 valence electrons. The summed E-state index contributed by atoms with van der Waals surface area (Å²) >= 11 is 0. The van der Waals surface area contributed by atoms with Gasteiger partial charge in [0.25, 0.3) is 0 Å². The van der Waals surface area contributed by atoms with E-state index in [2.05, 4.69) is 37.5 Å². The number of nitrogens with zero attached hydrogens (tertiary/aromatic N) is 2. The van der Waals surface area contributed by atoms with Gasteiger partial charge in [0, 0.05) is 37.3 Å². The topological polar surface area (TPSA) is 6.48 Å². The second kappa shape index (κ2) is 5.96. The molecule has 0 aromatic carbocycles. The lowest BCUT2D eigenvalue weighted by Crippen LogP contribution is -2.58. The molecule has 2 heteroatoms. The molecule has 1 saturated carbocycles. The van der Waals surface area contributed by atoms with E-state index in [0.717, 1.165) is 36.0 Å². The van der Waals surface area contributed by atoms with Crippen LogP contribution < -0.4 is 0 Å². The lowest BCUT2D eigenvalue weighted by atomic mass is 9.79. The minimum Gasteiger partial charge on any atom is -0.297 e. The fourth-order valence-corrected chi connectivity index (χ4v) is 5.24. The Hall–Kier alpha value is -0.0800. The Morgan fingerprint density at radius 2 is 1.20 bits per heavy atom. The van der Waals surface area contributed by atoms with E-state index in [1.54, 1.807) is 0 Å². The van der Waals surface area contributed by atoms with E-state index in [1.165, 1.54) is 51.6 Å². The van der Waals surface area contributed by atoms with E-state index < -0.39 is 0 Å². The second-order valence-electron chi connectivity index (χ2n) is 8.19. The van der Waals surface area contributed by atoms with Crippen LogP contribution in [-0.2, 0) is 0 Å². The summed E-state index contributed by atoms with van der Waals surface area (Å²) in [7, 11) is 0. The highest BCUT2D eigenvalue weighted by molar-refractivity contribution is 4.99. The maximum absolute atomic E-state index is 2.87. The summed E-state index contributed by atoms with van der Waals surface area (Å²) < 4.78 is 0. The van der Waals surface area contributed by atoms with E-state index >= 15 is 0 Å². The van der Waals surface area contributed by atoms with Gasteiger partial charge < -0.3 is 0 Å². The molecule has 2 heterocycles. The predicted molar refractivity (Wildman–Crippen MR) is 85.9 cm³/mol. The van der Waals surface area contributed by atoms with Gasteiger partial charge in [-0.25, -0.2) is 0 Å². The second-order valence-corrected chi connectivity index (χ2v) is 8.19. The van der Waals surface area contributed by atoms with Gasteiger partial charge in [0.1, 0.15) is 0 Å². The summed E-state index contributed by atoms with van der Waals surface area (Å²) in [5, 5.41) is 0. The molecule has 2 unspecified atom stereocenters. The van der Waals surface area contributed by atoms with E-state index in [1.807, 2.05) is 0 Å². The number of fused-ring (bicyclic) bond motifs is 2. The summed E-state index contributed by atoms with van der Waals surface area (Å²) in [6.07, 6.45) is 8.76. The Bertz CT molecular complexity index is 303. The first kappa shape index (κ1) is 14.8. The predicted octanol–water partition coefficient (Wildman–Crippen LogP) is 3.76. The number of piperazine rings is 1. The highest BCUT2D eigenvalue weighted by atomic mass is 15.3. The van der Waals surface area contributed by atoms with Gasteiger partial charge in [-0.1, -0.05) is 13.8 Å². The number of hydrogen-bond donors (Lipinski definition) is 0. The average molecular weight is 278 g/mol. The number of likely N-dealkylation sites (tertiary alicyclic amines) is 1. The smallest absolute Gasteiger partial charge is 0.0230 e. The molecule has 2 aliphatic heterocycles. The van der Waals surface area contributed by atoms with E-state index in [4.69, 9.17) is 0 Å². The minimum absolute atomic E-state index is 0.742. The zero-order chi connectivity index (χ0) is 14.3. The van der Waals surface area contributed by atoms with Crippen LogP contribution in [0.15, 0.2) is 0 Å². The van der Waals surface area contributed by atoms with Gasteiger partial charge in [0.05, 0.1) is 0 Å². The standard InChI is InChI=1S/C18H34N2/c1-13(2)15-5-7-16(8-6-15)19-11-17-9-10-18(12-19)20(17)14(3)4/h13-18H,5-12H2,1-4H3. The Kier molecular flexibility index (Phi) is 4.42. The van der Waals surface area contributed by atoms with E-state index in [-0.39, 0.29) is 0 Å². The minimum atomic E-state index is 0.742. The molecular formula is C18H34N2. The Morgan fingerprint density at radius 3 is 1.65 bits per heavy atom. The number of rotatable bonds is 3. The van der Waals surface area contributed by atoms with Crippen LogP contribution in [0.25, 0.3) is 0 Å². The molecule has 3 fully saturated rings. The van der Waals surface area contributed by atoms with Crippen LogP contribution in [0.2, 0.25) is 0 Å². The van der Waals surface area contributed by atoms with Crippen molar-refractivity contribution in [2.24, 2.45) is 11.8 Å². The molecule has 0 spiro atoms. The fraction of sp³-hybridized carbons (Fsp3) is 1.00. The zero-order valence-corrected chi connectivity index (χ0v) is 14.0. The molecule has 0 N–H and O–H groups in total. The van der Waals surface area contributed by atoms with Gasteiger partial charge in [-0.05, 0) is 64.2 Å². The van der Waals surface area contributed by atoms with Crippen molar-refractivity contribution in [2.45, 2.75) is 90.4 Å². The van der Waals surface area contributed by atoms with Crippen molar-refractivity contribution in [1.82, 2.24) is 9.80 Å². The summed E-state index contributed by atoms with van der Waals surface area (Å²) in [6.45, 7) is 12.3. The molecule has 0 radical (unpaired) electrons. The van der Waals surface area contributed by atoms with Crippen LogP contribution in [-0.4, -0.2) is 47.1 Å². The summed E-state index contributed by atoms with van der Waals surface area (Å²) in [4.78, 5) is 5.69. The highest BCUT2D eigenvalue weighted by Crippen LogP contribution is 2.37. The molecule has 1 aliphatic carbocycles. The molecule has 2 nitrogen and oxygen atoms in total. The van der Waals surface area contributed by atoms with Crippen molar-refractivity contribution in [1.29, 1.82) is 0 Å². The van der Waals surface area contributed by atoms with Crippen molar-refractivity contribution in [3.05, 3.63) is 0 Å².